The summed E-state index contributed by atoms with van der Waals surface area (Å²) in [5.41, 5.74) is 1.37. The number of piperidine rings is 1. The van der Waals surface area contributed by atoms with E-state index in [0.29, 0.717) is 48.0 Å². The molecule has 0 spiro atoms. The SMILES string of the molecule is COc1ccc(C(=O)N2CCC(NC(=O)Cc3ccccc3Cl)CC2)cc1OC. The minimum Gasteiger partial charge on any atom is -0.493 e. The lowest BCUT2D eigenvalue weighted by molar-refractivity contribution is -0.121. The molecule has 154 valence electrons. The highest BCUT2D eigenvalue weighted by atomic mass is 35.5. The van der Waals surface area contributed by atoms with Gasteiger partial charge < -0.3 is 19.7 Å². The normalized spacial score (nSPS) is 14.4. The van der Waals surface area contributed by atoms with Gasteiger partial charge in [-0.3, -0.25) is 9.59 Å². The maximum Gasteiger partial charge on any atom is 0.253 e. The third kappa shape index (κ3) is 5.21. The lowest BCUT2D eigenvalue weighted by Gasteiger charge is -2.32. The van der Waals surface area contributed by atoms with Crippen molar-refractivity contribution in [2.45, 2.75) is 25.3 Å². The number of nitrogens with one attached hydrogen (secondary N) is 1. The summed E-state index contributed by atoms with van der Waals surface area (Å²) in [5, 5.41) is 3.65. The van der Waals surface area contributed by atoms with Crippen LogP contribution in [0.5, 0.6) is 11.5 Å². The molecule has 0 saturated carbocycles. The van der Waals surface area contributed by atoms with E-state index in [4.69, 9.17) is 21.1 Å². The average Bonchev–Trinajstić information content (AvgIpc) is 2.75. The summed E-state index contributed by atoms with van der Waals surface area (Å²) in [4.78, 5) is 26.9. The molecule has 3 rings (SSSR count). The van der Waals surface area contributed by atoms with E-state index in [1.54, 1.807) is 43.4 Å². The minimum absolute atomic E-state index is 0.0493. The molecular weight excluding hydrogens is 392 g/mol. The Labute approximate surface area is 175 Å². The molecule has 2 amide bonds. The molecule has 29 heavy (non-hydrogen) atoms. The molecule has 0 atom stereocenters. The second-order valence-corrected chi connectivity index (χ2v) is 7.38. The smallest absolute Gasteiger partial charge is 0.253 e. The Hall–Kier alpha value is -2.73. The zero-order chi connectivity index (χ0) is 20.8. The predicted molar refractivity (Wildman–Crippen MR) is 112 cm³/mol. The molecule has 7 heteroatoms. The molecule has 2 aromatic carbocycles. The van der Waals surface area contributed by atoms with E-state index in [9.17, 15) is 9.59 Å². The number of benzene rings is 2. The Kier molecular flexibility index (Phi) is 6.99. The Morgan fingerprint density at radius 1 is 1.07 bits per heavy atom. The summed E-state index contributed by atoms with van der Waals surface area (Å²) < 4.78 is 10.5. The van der Waals surface area contributed by atoms with Crippen molar-refractivity contribution in [3.63, 3.8) is 0 Å². The van der Waals surface area contributed by atoms with E-state index >= 15 is 0 Å². The number of halogens is 1. The van der Waals surface area contributed by atoms with Gasteiger partial charge in [-0.05, 0) is 42.7 Å². The van der Waals surface area contributed by atoms with Crippen LogP contribution >= 0.6 is 11.6 Å². The van der Waals surface area contributed by atoms with Crippen LogP contribution in [0, 0.1) is 0 Å². The van der Waals surface area contributed by atoms with Gasteiger partial charge in [0.05, 0.1) is 20.6 Å². The number of ether oxygens (including phenoxy) is 2. The average molecular weight is 417 g/mol. The molecular formula is C22H25ClN2O4. The van der Waals surface area contributed by atoms with Crippen LogP contribution in [0.1, 0.15) is 28.8 Å². The fourth-order valence-corrected chi connectivity index (χ4v) is 3.67. The van der Waals surface area contributed by atoms with Gasteiger partial charge in [-0.1, -0.05) is 29.8 Å². The molecule has 0 bridgehead atoms. The summed E-state index contributed by atoms with van der Waals surface area (Å²) in [6.07, 6.45) is 1.69. The van der Waals surface area contributed by atoms with Crippen molar-refractivity contribution in [3.05, 3.63) is 58.6 Å². The Morgan fingerprint density at radius 2 is 1.76 bits per heavy atom. The number of carbonyl (C=O) groups is 2. The van der Waals surface area contributed by atoms with Gasteiger partial charge in [0.25, 0.3) is 5.91 Å². The standard InChI is InChI=1S/C22H25ClN2O4/c1-28-19-8-7-16(13-20(19)29-2)22(27)25-11-9-17(10-12-25)24-21(26)14-15-5-3-4-6-18(15)23/h3-8,13,17H,9-12,14H2,1-2H3,(H,24,26). The number of hydrogen-bond donors (Lipinski definition) is 1. The third-order valence-electron chi connectivity index (χ3n) is 5.09. The van der Waals surface area contributed by atoms with Crippen molar-refractivity contribution < 1.29 is 19.1 Å². The number of amides is 2. The van der Waals surface area contributed by atoms with Crippen LogP contribution in [0.15, 0.2) is 42.5 Å². The first-order chi connectivity index (χ1) is 14.0. The fourth-order valence-electron chi connectivity index (χ4n) is 3.47. The molecule has 0 aliphatic carbocycles. The highest BCUT2D eigenvalue weighted by Crippen LogP contribution is 2.28. The lowest BCUT2D eigenvalue weighted by Crippen LogP contribution is -2.46. The topological polar surface area (TPSA) is 67.9 Å². The second kappa shape index (κ2) is 9.65. The number of carbonyl (C=O) groups excluding carboxylic acids is 2. The van der Waals surface area contributed by atoms with Gasteiger partial charge in [-0.25, -0.2) is 0 Å². The predicted octanol–water partition coefficient (Wildman–Crippen LogP) is 3.32. The van der Waals surface area contributed by atoms with Crippen LogP contribution in [0.3, 0.4) is 0 Å². The monoisotopic (exact) mass is 416 g/mol. The molecule has 6 nitrogen and oxygen atoms in total. The molecule has 1 N–H and O–H groups in total. The van der Waals surface area contributed by atoms with Crippen molar-refractivity contribution in [1.29, 1.82) is 0 Å². The van der Waals surface area contributed by atoms with Crippen molar-refractivity contribution in [3.8, 4) is 11.5 Å². The minimum atomic E-state index is -0.0530. The Balaban J connectivity index is 1.53. The van der Waals surface area contributed by atoms with Crippen LogP contribution < -0.4 is 14.8 Å². The maximum atomic E-state index is 12.8. The Morgan fingerprint density at radius 3 is 2.41 bits per heavy atom. The maximum absolute atomic E-state index is 12.8. The number of nitrogens with zero attached hydrogens (tertiary/aromatic N) is 1. The van der Waals surface area contributed by atoms with Gasteiger partial charge in [-0.15, -0.1) is 0 Å². The molecule has 1 saturated heterocycles. The van der Waals surface area contributed by atoms with E-state index < -0.39 is 0 Å². The van der Waals surface area contributed by atoms with Gasteiger partial charge in [0, 0.05) is 29.7 Å². The van der Waals surface area contributed by atoms with Crippen molar-refractivity contribution in [2.24, 2.45) is 0 Å². The van der Waals surface area contributed by atoms with Crippen molar-refractivity contribution >= 4 is 23.4 Å². The molecule has 1 aliphatic rings. The fraction of sp³-hybridized carbons (Fsp3) is 0.364. The van der Waals surface area contributed by atoms with Crippen LogP contribution in [0.4, 0.5) is 0 Å². The van der Waals surface area contributed by atoms with E-state index in [1.807, 2.05) is 18.2 Å². The van der Waals surface area contributed by atoms with Crippen molar-refractivity contribution in [2.75, 3.05) is 27.3 Å². The van der Waals surface area contributed by atoms with Crippen LogP contribution in [-0.2, 0) is 11.2 Å². The van der Waals surface area contributed by atoms with Crippen LogP contribution in [0.2, 0.25) is 5.02 Å². The second-order valence-electron chi connectivity index (χ2n) is 6.97. The number of methoxy groups -OCH3 is 2. The van der Waals surface area contributed by atoms with Gasteiger partial charge >= 0.3 is 0 Å². The number of rotatable bonds is 6. The number of likely N-dealkylation sites (tertiary alicyclic amines) is 1. The largest absolute Gasteiger partial charge is 0.493 e. The first kappa shape index (κ1) is 21.0. The van der Waals surface area contributed by atoms with Crippen molar-refractivity contribution in [1.82, 2.24) is 10.2 Å². The summed E-state index contributed by atoms with van der Waals surface area (Å²) in [5.74, 6) is 1.01. The van der Waals surface area contributed by atoms with Crippen LogP contribution in [-0.4, -0.2) is 50.1 Å². The summed E-state index contributed by atoms with van der Waals surface area (Å²) >= 11 is 6.12. The van der Waals surface area contributed by atoms with Gasteiger partial charge in [0.2, 0.25) is 5.91 Å². The molecule has 1 aliphatic heterocycles. The third-order valence-corrected chi connectivity index (χ3v) is 5.46. The van der Waals surface area contributed by atoms with Gasteiger partial charge in [0.1, 0.15) is 0 Å². The quantitative estimate of drug-likeness (QED) is 0.784. The lowest BCUT2D eigenvalue weighted by atomic mass is 10.0. The zero-order valence-electron chi connectivity index (χ0n) is 16.6. The zero-order valence-corrected chi connectivity index (χ0v) is 17.4. The summed E-state index contributed by atoms with van der Waals surface area (Å²) in [6.45, 7) is 1.18. The van der Waals surface area contributed by atoms with Gasteiger partial charge in [0.15, 0.2) is 11.5 Å². The summed E-state index contributed by atoms with van der Waals surface area (Å²) in [7, 11) is 3.10. The molecule has 0 aromatic heterocycles. The van der Waals surface area contributed by atoms with E-state index in [0.717, 1.165) is 5.56 Å². The van der Waals surface area contributed by atoms with E-state index in [-0.39, 0.29) is 24.3 Å². The van der Waals surface area contributed by atoms with E-state index in [2.05, 4.69) is 5.32 Å². The van der Waals surface area contributed by atoms with E-state index in [1.165, 1.54) is 0 Å². The highest BCUT2D eigenvalue weighted by Gasteiger charge is 2.25. The molecule has 0 radical (unpaired) electrons. The first-order valence-corrected chi connectivity index (χ1v) is 9.93. The summed E-state index contributed by atoms with van der Waals surface area (Å²) in [6, 6.07) is 12.6. The van der Waals surface area contributed by atoms with Gasteiger partial charge in [-0.2, -0.15) is 0 Å². The van der Waals surface area contributed by atoms with Crippen LogP contribution in [0.25, 0.3) is 0 Å². The molecule has 1 fully saturated rings. The molecule has 1 heterocycles. The highest BCUT2D eigenvalue weighted by molar-refractivity contribution is 6.31. The first-order valence-electron chi connectivity index (χ1n) is 9.56. The number of hydrogen-bond acceptors (Lipinski definition) is 4. The Bertz CT molecular complexity index is 879. The molecule has 0 unspecified atom stereocenters. The molecule has 2 aromatic rings.